The summed E-state index contributed by atoms with van der Waals surface area (Å²) in [5.74, 6) is 0.801. The van der Waals surface area contributed by atoms with Gasteiger partial charge in [-0.05, 0) is 24.4 Å². The first kappa shape index (κ1) is 10.8. The first-order valence-corrected chi connectivity index (χ1v) is 5.72. The predicted molar refractivity (Wildman–Crippen MR) is 67.7 cm³/mol. The lowest BCUT2D eigenvalue weighted by Crippen LogP contribution is -1.98. The third kappa shape index (κ3) is 1.82. The van der Waals surface area contributed by atoms with Crippen molar-refractivity contribution >= 4 is 17.2 Å². The van der Waals surface area contributed by atoms with Crippen molar-refractivity contribution in [3.05, 3.63) is 53.5 Å². The highest BCUT2D eigenvalue weighted by Crippen LogP contribution is 2.18. The van der Waals surface area contributed by atoms with Crippen LogP contribution in [0.2, 0.25) is 0 Å². The van der Waals surface area contributed by atoms with Crippen molar-refractivity contribution in [2.24, 2.45) is 0 Å². The molecule has 3 aromatic rings. The molecule has 2 heterocycles. The van der Waals surface area contributed by atoms with E-state index in [1.807, 2.05) is 43.5 Å². The molecule has 0 N–H and O–H groups in total. The maximum Gasteiger partial charge on any atom is 0.150 e. The van der Waals surface area contributed by atoms with Gasteiger partial charge in [-0.25, -0.2) is 0 Å². The van der Waals surface area contributed by atoms with Gasteiger partial charge in [-0.3, -0.25) is 4.79 Å². The maximum absolute atomic E-state index is 10.8. The topological polar surface area (TPSA) is 48.0 Å². The first-order chi connectivity index (χ1) is 8.76. The van der Waals surface area contributed by atoms with Crippen molar-refractivity contribution in [1.82, 2.24) is 9.72 Å². The summed E-state index contributed by atoms with van der Waals surface area (Å²) in [7, 11) is 0. The standard InChI is InChI=1S/C14H12N2O2/c1-10-6-13(15-18-10)8-16-5-4-12-3-2-11(9-17)7-14(12)16/h2-7,9H,8H2,1H3. The van der Waals surface area contributed by atoms with Gasteiger partial charge in [-0.2, -0.15) is 0 Å². The molecule has 0 amide bonds. The second-order valence-electron chi connectivity index (χ2n) is 4.31. The number of aryl methyl sites for hydroxylation is 1. The van der Waals surface area contributed by atoms with Crippen molar-refractivity contribution in [2.75, 3.05) is 0 Å². The fourth-order valence-electron chi connectivity index (χ4n) is 2.08. The van der Waals surface area contributed by atoms with Crippen LogP contribution in [-0.2, 0) is 6.54 Å². The number of hydrogen-bond acceptors (Lipinski definition) is 3. The van der Waals surface area contributed by atoms with E-state index >= 15 is 0 Å². The lowest BCUT2D eigenvalue weighted by Gasteiger charge is -2.02. The molecule has 0 aliphatic carbocycles. The van der Waals surface area contributed by atoms with E-state index in [0.717, 1.165) is 28.6 Å². The Balaban J connectivity index is 2.03. The molecule has 0 saturated carbocycles. The molecule has 0 saturated heterocycles. The van der Waals surface area contributed by atoms with E-state index in [4.69, 9.17) is 4.52 Å². The Hall–Kier alpha value is -2.36. The second-order valence-corrected chi connectivity index (χ2v) is 4.31. The van der Waals surface area contributed by atoms with Crippen molar-refractivity contribution in [1.29, 1.82) is 0 Å². The summed E-state index contributed by atoms with van der Waals surface area (Å²) in [5.41, 5.74) is 2.58. The number of fused-ring (bicyclic) bond motifs is 1. The van der Waals surface area contributed by atoms with Gasteiger partial charge in [0.05, 0.1) is 6.54 Å². The van der Waals surface area contributed by atoms with Crippen LogP contribution in [0.5, 0.6) is 0 Å². The number of carbonyl (C=O) groups is 1. The van der Waals surface area contributed by atoms with Gasteiger partial charge in [-0.1, -0.05) is 17.3 Å². The Kier molecular flexibility index (Phi) is 2.48. The molecule has 0 unspecified atom stereocenters. The molecule has 0 atom stereocenters. The number of nitrogens with zero attached hydrogens (tertiary/aromatic N) is 2. The highest BCUT2D eigenvalue weighted by Gasteiger charge is 2.05. The van der Waals surface area contributed by atoms with E-state index in [1.54, 1.807) is 0 Å². The molecule has 4 nitrogen and oxygen atoms in total. The van der Waals surface area contributed by atoms with Crippen LogP contribution in [-0.4, -0.2) is 16.0 Å². The van der Waals surface area contributed by atoms with Gasteiger partial charge in [-0.15, -0.1) is 0 Å². The number of benzene rings is 1. The van der Waals surface area contributed by atoms with Crippen LogP contribution in [0.25, 0.3) is 10.9 Å². The van der Waals surface area contributed by atoms with Gasteiger partial charge < -0.3 is 9.09 Å². The van der Waals surface area contributed by atoms with Crippen molar-refractivity contribution in [3.8, 4) is 0 Å². The molecule has 3 rings (SSSR count). The van der Waals surface area contributed by atoms with Crippen LogP contribution >= 0.6 is 0 Å². The van der Waals surface area contributed by atoms with Gasteiger partial charge in [0, 0.05) is 23.3 Å². The molecule has 0 bridgehead atoms. The van der Waals surface area contributed by atoms with Gasteiger partial charge in [0.25, 0.3) is 0 Å². The van der Waals surface area contributed by atoms with Gasteiger partial charge >= 0.3 is 0 Å². The fourth-order valence-corrected chi connectivity index (χ4v) is 2.08. The molecule has 18 heavy (non-hydrogen) atoms. The molecule has 0 spiro atoms. The molecule has 0 aliphatic rings. The third-order valence-corrected chi connectivity index (χ3v) is 2.94. The van der Waals surface area contributed by atoms with Gasteiger partial charge in [0.2, 0.25) is 0 Å². The number of rotatable bonds is 3. The molecular weight excluding hydrogens is 228 g/mol. The molecule has 2 aromatic heterocycles. The largest absolute Gasteiger partial charge is 0.361 e. The normalized spacial score (nSPS) is 10.9. The molecule has 0 aliphatic heterocycles. The zero-order valence-electron chi connectivity index (χ0n) is 9.96. The quantitative estimate of drug-likeness (QED) is 0.661. The number of aldehydes is 1. The Morgan fingerprint density at radius 3 is 2.94 bits per heavy atom. The molecular formula is C14H12N2O2. The summed E-state index contributed by atoms with van der Waals surface area (Å²) < 4.78 is 7.11. The Labute approximate surface area is 104 Å². The van der Waals surface area contributed by atoms with Crippen LogP contribution in [0.1, 0.15) is 21.8 Å². The number of hydrogen-bond donors (Lipinski definition) is 0. The SMILES string of the molecule is Cc1cc(Cn2ccc3ccc(C=O)cc32)no1. The second kappa shape index (κ2) is 4.14. The lowest BCUT2D eigenvalue weighted by atomic mass is 10.2. The smallest absolute Gasteiger partial charge is 0.150 e. The number of carbonyl (C=O) groups excluding carboxylic acids is 1. The highest BCUT2D eigenvalue weighted by atomic mass is 16.5. The highest BCUT2D eigenvalue weighted by molar-refractivity contribution is 5.87. The summed E-state index contributed by atoms with van der Waals surface area (Å²) in [5, 5.41) is 5.09. The molecule has 0 radical (unpaired) electrons. The predicted octanol–water partition coefficient (Wildman–Crippen LogP) is 2.80. The summed E-state index contributed by atoms with van der Waals surface area (Å²) in [6.07, 6.45) is 2.85. The van der Waals surface area contributed by atoms with Gasteiger partial charge in [0.15, 0.2) is 0 Å². The number of aromatic nitrogens is 2. The molecule has 90 valence electrons. The summed E-state index contributed by atoms with van der Waals surface area (Å²) in [6, 6.07) is 9.59. The van der Waals surface area contributed by atoms with Crippen molar-refractivity contribution in [3.63, 3.8) is 0 Å². The summed E-state index contributed by atoms with van der Waals surface area (Å²) >= 11 is 0. The van der Waals surface area contributed by atoms with E-state index in [9.17, 15) is 4.79 Å². The van der Waals surface area contributed by atoms with E-state index in [0.29, 0.717) is 12.1 Å². The Morgan fingerprint density at radius 1 is 1.33 bits per heavy atom. The zero-order valence-corrected chi connectivity index (χ0v) is 9.96. The average Bonchev–Trinajstić information content (AvgIpc) is 2.96. The van der Waals surface area contributed by atoms with Crippen LogP contribution < -0.4 is 0 Å². The van der Waals surface area contributed by atoms with Gasteiger partial charge in [0.1, 0.15) is 17.7 Å². The Morgan fingerprint density at radius 2 is 2.22 bits per heavy atom. The minimum Gasteiger partial charge on any atom is -0.361 e. The van der Waals surface area contributed by atoms with Crippen LogP contribution in [0, 0.1) is 6.92 Å². The monoisotopic (exact) mass is 240 g/mol. The minimum absolute atomic E-state index is 0.642. The van der Waals surface area contributed by atoms with Crippen LogP contribution in [0.4, 0.5) is 0 Å². The Bertz CT molecular complexity index is 709. The van der Waals surface area contributed by atoms with E-state index in [2.05, 4.69) is 9.72 Å². The molecule has 4 heteroatoms. The fraction of sp³-hybridized carbons (Fsp3) is 0.143. The first-order valence-electron chi connectivity index (χ1n) is 5.72. The third-order valence-electron chi connectivity index (χ3n) is 2.94. The molecule has 0 fully saturated rings. The average molecular weight is 240 g/mol. The lowest BCUT2D eigenvalue weighted by molar-refractivity contribution is 0.112. The summed E-state index contributed by atoms with van der Waals surface area (Å²) in [6.45, 7) is 2.51. The van der Waals surface area contributed by atoms with Crippen molar-refractivity contribution in [2.45, 2.75) is 13.5 Å². The summed E-state index contributed by atoms with van der Waals surface area (Å²) in [4.78, 5) is 10.8. The minimum atomic E-state index is 0.642. The van der Waals surface area contributed by atoms with Crippen LogP contribution in [0.15, 0.2) is 41.1 Å². The molecule has 1 aromatic carbocycles. The maximum atomic E-state index is 10.8. The zero-order chi connectivity index (χ0) is 12.5. The van der Waals surface area contributed by atoms with E-state index in [1.165, 1.54) is 0 Å². The van der Waals surface area contributed by atoms with Crippen LogP contribution in [0.3, 0.4) is 0 Å². The van der Waals surface area contributed by atoms with E-state index in [-0.39, 0.29) is 0 Å². The van der Waals surface area contributed by atoms with E-state index < -0.39 is 0 Å². The van der Waals surface area contributed by atoms with Crippen molar-refractivity contribution < 1.29 is 9.32 Å².